The lowest BCUT2D eigenvalue weighted by Crippen LogP contribution is -2.26. The maximum atomic E-state index is 8.63. The van der Waals surface area contributed by atoms with Crippen molar-refractivity contribution in [1.82, 2.24) is 15.6 Å². The molecule has 0 aliphatic carbocycles. The molecule has 0 amide bonds. The molecule has 1 aliphatic rings. The van der Waals surface area contributed by atoms with E-state index in [4.69, 9.17) is 14.9 Å². The number of hydrogen-bond donors (Lipinski definition) is 4. The molecule has 0 fully saturated rings. The van der Waals surface area contributed by atoms with Gasteiger partial charge in [-0.25, -0.2) is 9.98 Å². The van der Waals surface area contributed by atoms with Crippen molar-refractivity contribution >= 4 is 28.9 Å². The molecule has 0 spiro atoms. The summed E-state index contributed by atoms with van der Waals surface area (Å²) in [7, 11) is 1.84. The number of ether oxygens (including phenoxy) is 2. The Bertz CT molecular complexity index is 1060. The van der Waals surface area contributed by atoms with Crippen LogP contribution < -0.4 is 20.7 Å². The first-order chi connectivity index (χ1) is 16.0. The first kappa shape index (κ1) is 24.2. The average molecular weight is 467 g/mol. The van der Waals surface area contributed by atoms with Crippen LogP contribution in [0.4, 0.5) is 5.69 Å². The smallest absolute Gasteiger partial charge is 0.289 e. The predicted octanol–water partition coefficient (Wildman–Crippen LogP) is 4.00. The molecule has 1 aliphatic heterocycles. The van der Waals surface area contributed by atoms with E-state index in [0.29, 0.717) is 25.7 Å². The molecule has 0 saturated carbocycles. The van der Waals surface area contributed by atoms with Gasteiger partial charge in [-0.05, 0) is 56.8 Å². The van der Waals surface area contributed by atoms with Crippen molar-refractivity contribution in [2.75, 3.05) is 25.5 Å². The van der Waals surface area contributed by atoms with Gasteiger partial charge in [-0.15, -0.1) is 11.3 Å². The Labute approximate surface area is 198 Å². The Hall–Kier alpha value is -3.43. The van der Waals surface area contributed by atoms with Gasteiger partial charge in [-0.2, -0.15) is 0 Å². The Kier molecular flexibility index (Phi) is 8.79. The van der Waals surface area contributed by atoms with Gasteiger partial charge < -0.3 is 25.4 Å². The molecular formula is C24H30N6O2S. The SMILES string of the molecule is C=C/C=C(\C=C(/CNC)C(=N)Nc1ccc(OCc2nccs2)c(C)c1)NC1=NCC(C)O1. The number of hydrogen-bond acceptors (Lipinski definition) is 8. The van der Waals surface area contributed by atoms with E-state index in [9.17, 15) is 0 Å². The number of nitrogens with one attached hydrogen (secondary N) is 4. The van der Waals surface area contributed by atoms with Gasteiger partial charge in [0, 0.05) is 35.1 Å². The molecule has 0 bridgehead atoms. The zero-order valence-electron chi connectivity index (χ0n) is 19.1. The maximum absolute atomic E-state index is 8.63. The van der Waals surface area contributed by atoms with Crippen LogP contribution in [0.15, 0.2) is 70.8 Å². The van der Waals surface area contributed by atoms with Crippen LogP contribution in [0.25, 0.3) is 0 Å². The monoisotopic (exact) mass is 466 g/mol. The van der Waals surface area contributed by atoms with Crippen molar-refractivity contribution in [3.8, 4) is 5.75 Å². The minimum atomic E-state index is 0.0509. The number of likely N-dealkylation sites (N-methyl/N-ethyl adjacent to an activating group) is 1. The van der Waals surface area contributed by atoms with E-state index in [1.54, 1.807) is 23.6 Å². The van der Waals surface area contributed by atoms with Gasteiger partial charge in [0.25, 0.3) is 6.02 Å². The normalized spacial score (nSPS) is 16.1. The third-order valence-electron chi connectivity index (χ3n) is 4.65. The lowest BCUT2D eigenvalue weighted by Gasteiger charge is -2.15. The summed E-state index contributed by atoms with van der Waals surface area (Å²) in [5, 5.41) is 21.0. The molecule has 8 nitrogen and oxygen atoms in total. The minimum Gasteiger partial charge on any atom is -0.486 e. The van der Waals surface area contributed by atoms with Crippen molar-refractivity contribution in [1.29, 1.82) is 5.41 Å². The molecule has 2 heterocycles. The third kappa shape index (κ3) is 7.30. The van der Waals surface area contributed by atoms with E-state index in [-0.39, 0.29) is 11.9 Å². The quantitative estimate of drug-likeness (QED) is 0.240. The van der Waals surface area contributed by atoms with Gasteiger partial charge in [0.15, 0.2) is 0 Å². The predicted molar refractivity (Wildman–Crippen MR) is 135 cm³/mol. The summed E-state index contributed by atoms with van der Waals surface area (Å²) in [5.41, 5.74) is 3.27. The Morgan fingerprint density at radius 2 is 2.24 bits per heavy atom. The molecule has 1 atom stereocenters. The second kappa shape index (κ2) is 12.0. The van der Waals surface area contributed by atoms with Crippen molar-refractivity contribution < 1.29 is 9.47 Å². The largest absolute Gasteiger partial charge is 0.486 e. The highest BCUT2D eigenvalue weighted by Gasteiger charge is 2.16. The fraction of sp³-hybridized carbons (Fsp3) is 0.292. The molecule has 0 saturated heterocycles. The molecule has 9 heteroatoms. The van der Waals surface area contributed by atoms with E-state index in [1.165, 1.54) is 0 Å². The summed E-state index contributed by atoms with van der Waals surface area (Å²) in [6, 6.07) is 6.24. The maximum Gasteiger partial charge on any atom is 0.289 e. The number of amidine groups is 2. The van der Waals surface area contributed by atoms with E-state index in [0.717, 1.165) is 33.3 Å². The number of benzene rings is 1. The van der Waals surface area contributed by atoms with E-state index in [1.807, 2.05) is 56.6 Å². The summed E-state index contributed by atoms with van der Waals surface area (Å²) < 4.78 is 11.5. The standard InChI is InChI=1S/C24H30N6O2S/c1-5-6-19(30-24-28-13-17(3)32-24)12-18(14-26-4)23(25)29-20-7-8-21(16(2)11-20)31-15-22-27-9-10-33-22/h5-12,17,26H,1,13-15H2,2-4H3,(H2,25,29)(H,28,30)/b18-12+,19-6+. The summed E-state index contributed by atoms with van der Waals surface area (Å²) in [4.78, 5) is 8.57. The zero-order chi connectivity index (χ0) is 23.6. The number of aliphatic imine (C=N–C) groups is 1. The number of anilines is 1. The fourth-order valence-corrected chi connectivity index (χ4v) is 3.62. The number of thiazole rings is 1. The van der Waals surface area contributed by atoms with Crippen LogP contribution in [0.2, 0.25) is 0 Å². The Morgan fingerprint density at radius 1 is 1.39 bits per heavy atom. The van der Waals surface area contributed by atoms with Gasteiger partial charge in [0.1, 0.15) is 29.3 Å². The van der Waals surface area contributed by atoms with E-state index < -0.39 is 0 Å². The molecule has 3 rings (SSSR count). The van der Waals surface area contributed by atoms with Crippen LogP contribution in [-0.4, -0.2) is 43.1 Å². The van der Waals surface area contributed by atoms with Gasteiger partial charge in [0.05, 0.1) is 6.54 Å². The summed E-state index contributed by atoms with van der Waals surface area (Å²) in [6.07, 6.45) is 7.19. The second-order valence-electron chi connectivity index (χ2n) is 7.45. The molecule has 1 unspecified atom stereocenters. The highest BCUT2D eigenvalue weighted by atomic mass is 32.1. The first-order valence-corrected chi connectivity index (χ1v) is 11.5. The van der Waals surface area contributed by atoms with E-state index in [2.05, 4.69) is 32.5 Å². The fourth-order valence-electron chi connectivity index (χ4n) is 3.09. The van der Waals surface area contributed by atoms with Crippen LogP contribution in [0.5, 0.6) is 5.75 Å². The van der Waals surface area contributed by atoms with Crippen LogP contribution in [0.1, 0.15) is 17.5 Å². The van der Waals surface area contributed by atoms with Gasteiger partial charge in [-0.1, -0.05) is 12.7 Å². The third-order valence-corrected chi connectivity index (χ3v) is 5.40. The lowest BCUT2D eigenvalue weighted by atomic mass is 10.1. The summed E-state index contributed by atoms with van der Waals surface area (Å²) in [6.45, 7) is 9.29. The molecule has 4 N–H and O–H groups in total. The van der Waals surface area contributed by atoms with Crippen molar-refractivity contribution in [2.45, 2.75) is 26.6 Å². The topological polar surface area (TPSA) is 104 Å². The number of aromatic nitrogens is 1. The summed E-state index contributed by atoms with van der Waals surface area (Å²) >= 11 is 1.57. The van der Waals surface area contributed by atoms with Crippen LogP contribution >= 0.6 is 11.3 Å². The molecule has 33 heavy (non-hydrogen) atoms. The minimum absolute atomic E-state index is 0.0509. The van der Waals surface area contributed by atoms with Gasteiger partial charge in [-0.3, -0.25) is 5.41 Å². The van der Waals surface area contributed by atoms with Gasteiger partial charge >= 0.3 is 0 Å². The first-order valence-electron chi connectivity index (χ1n) is 10.6. The number of nitrogens with zero attached hydrogens (tertiary/aromatic N) is 2. The lowest BCUT2D eigenvalue weighted by molar-refractivity contribution is 0.237. The van der Waals surface area contributed by atoms with Gasteiger partial charge in [0.2, 0.25) is 0 Å². The molecule has 1 aromatic heterocycles. The molecule has 2 aromatic rings. The number of allylic oxidation sites excluding steroid dienone is 3. The Balaban J connectivity index is 1.68. The highest BCUT2D eigenvalue weighted by Crippen LogP contribution is 2.23. The van der Waals surface area contributed by atoms with Crippen molar-refractivity contribution in [2.24, 2.45) is 4.99 Å². The molecular weight excluding hydrogens is 436 g/mol. The van der Waals surface area contributed by atoms with Crippen molar-refractivity contribution in [3.63, 3.8) is 0 Å². The van der Waals surface area contributed by atoms with Crippen LogP contribution in [-0.2, 0) is 11.3 Å². The second-order valence-corrected chi connectivity index (χ2v) is 8.43. The van der Waals surface area contributed by atoms with Crippen LogP contribution in [0, 0.1) is 12.3 Å². The molecule has 0 radical (unpaired) electrons. The molecule has 174 valence electrons. The summed E-state index contributed by atoms with van der Waals surface area (Å²) in [5.74, 6) is 1.07. The van der Waals surface area contributed by atoms with E-state index >= 15 is 0 Å². The molecule has 1 aromatic carbocycles. The average Bonchev–Trinajstić information content (AvgIpc) is 3.44. The number of aryl methyl sites for hydroxylation is 1. The highest BCUT2D eigenvalue weighted by molar-refractivity contribution is 7.09. The Morgan fingerprint density at radius 3 is 2.88 bits per heavy atom. The van der Waals surface area contributed by atoms with Crippen molar-refractivity contribution in [3.05, 3.63) is 76.4 Å². The zero-order valence-corrected chi connectivity index (χ0v) is 20.0. The number of rotatable bonds is 10. The van der Waals surface area contributed by atoms with Crippen LogP contribution in [0.3, 0.4) is 0 Å².